The second-order valence-electron chi connectivity index (χ2n) is 12.1. The third kappa shape index (κ3) is 20.9. The Hall–Kier alpha value is -2.73. The predicted octanol–water partition coefficient (Wildman–Crippen LogP) is 2.33. The molecule has 0 aromatic heterocycles. The zero-order valence-electron chi connectivity index (χ0n) is 25.1. The molecule has 228 valence electrons. The van der Waals surface area contributed by atoms with Gasteiger partial charge in [-0.05, 0) is 58.3 Å². The minimum Gasteiger partial charge on any atom is -0.481 e. The number of rotatable bonds is 18. The van der Waals surface area contributed by atoms with E-state index in [0.29, 0.717) is 12.5 Å². The highest BCUT2D eigenvalue weighted by Crippen LogP contribution is 2.36. The number of nitrogens with one attached hydrogen (secondary N) is 2. The van der Waals surface area contributed by atoms with Crippen molar-refractivity contribution in [1.29, 1.82) is 0 Å². The molecule has 0 saturated carbocycles. The number of carboxylic acid groups (broad SMARTS) is 2. The summed E-state index contributed by atoms with van der Waals surface area (Å²) in [6.07, 6.45) is 1.04. The second-order valence-corrected chi connectivity index (χ2v) is 12.1. The molecule has 0 aromatic rings. The number of carbonyl (C=O) groups is 5. The lowest BCUT2D eigenvalue weighted by atomic mass is 9.73. The smallest absolute Gasteiger partial charge is 0.326 e. The number of primary amides is 1. The molecule has 0 aliphatic rings. The Morgan fingerprint density at radius 2 is 1.49 bits per heavy atom. The van der Waals surface area contributed by atoms with Gasteiger partial charge in [0.15, 0.2) is 0 Å². The number of carbonyl (C=O) groups excluding carboxylic acids is 3. The Morgan fingerprint density at radius 3 is 1.92 bits per heavy atom. The summed E-state index contributed by atoms with van der Waals surface area (Å²) in [6.45, 7) is 16.2. The lowest BCUT2D eigenvalue weighted by Gasteiger charge is -2.32. The van der Waals surface area contributed by atoms with Crippen LogP contribution in [0.3, 0.4) is 0 Å². The Morgan fingerprint density at radius 1 is 0.923 bits per heavy atom. The normalized spacial score (nSPS) is 12.7. The number of amides is 3. The molecular formula is C27H51N3O9. The zero-order chi connectivity index (χ0) is 31.0. The first-order valence-electron chi connectivity index (χ1n) is 13.1. The van der Waals surface area contributed by atoms with Gasteiger partial charge in [0.05, 0.1) is 17.6 Å². The summed E-state index contributed by atoms with van der Waals surface area (Å²) in [5, 5.41) is 23.1. The van der Waals surface area contributed by atoms with E-state index in [1.54, 1.807) is 34.7 Å². The van der Waals surface area contributed by atoms with Crippen molar-refractivity contribution in [2.75, 3.05) is 26.9 Å². The van der Waals surface area contributed by atoms with Crippen molar-refractivity contribution >= 4 is 29.7 Å². The van der Waals surface area contributed by atoms with Gasteiger partial charge in [0.2, 0.25) is 17.7 Å². The van der Waals surface area contributed by atoms with Crippen LogP contribution in [0.25, 0.3) is 0 Å². The number of hydrogen-bond donors (Lipinski definition) is 5. The van der Waals surface area contributed by atoms with Crippen LogP contribution in [0.2, 0.25) is 0 Å². The SMILES string of the molecule is CC(C)(CC(=O)NC(CCC(N)=O)C(=O)O)CC(C)(C)C(=O)O.CNC(=O)COCC(C)(C)OCCC(C)C. The van der Waals surface area contributed by atoms with E-state index in [1.807, 2.05) is 13.8 Å². The monoisotopic (exact) mass is 561 g/mol. The number of nitrogens with two attached hydrogens (primary N) is 1. The average molecular weight is 562 g/mol. The van der Waals surface area contributed by atoms with E-state index < -0.39 is 40.6 Å². The molecule has 0 saturated heterocycles. The summed E-state index contributed by atoms with van der Waals surface area (Å²) < 4.78 is 11.0. The highest BCUT2D eigenvalue weighted by molar-refractivity contribution is 5.84. The predicted molar refractivity (Wildman–Crippen MR) is 147 cm³/mol. The van der Waals surface area contributed by atoms with Crippen LogP contribution in [-0.2, 0) is 33.4 Å². The molecule has 0 fully saturated rings. The van der Waals surface area contributed by atoms with Gasteiger partial charge in [-0.3, -0.25) is 19.2 Å². The number of carboxylic acids is 2. The van der Waals surface area contributed by atoms with E-state index in [-0.39, 0.29) is 43.8 Å². The van der Waals surface area contributed by atoms with Crippen LogP contribution in [0.15, 0.2) is 0 Å². The molecule has 12 heteroatoms. The van der Waals surface area contributed by atoms with Crippen LogP contribution in [0.4, 0.5) is 0 Å². The minimum atomic E-state index is -1.25. The maximum absolute atomic E-state index is 12.0. The summed E-state index contributed by atoms with van der Waals surface area (Å²) >= 11 is 0. The fourth-order valence-electron chi connectivity index (χ4n) is 3.63. The molecule has 0 rings (SSSR count). The molecule has 1 atom stereocenters. The van der Waals surface area contributed by atoms with Crippen molar-refractivity contribution in [3.8, 4) is 0 Å². The van der Waals surface area contributed by atoms with E-state index in [4.69, 9.17) is 25.4 Å². The van der Waals surface area contributed by atoms with E-state index in [1.165, 1.54) is 0 Å². The first-order chi connectivity index (χ1) is 17.6. The molecule has 3 amide bonds. The van der Waals surface area contributed by atoms with Crippen LogP contribution in [0.1, 0.15) is 87.5 Å². The summed E-state index contributed by atoms with van der Waals surface area (Å²) in [4.78, 5) is 55.9. The topological polar surface area (TPSA) is 194 Å². The molecule has 6 N–H and O–H groups in total. The Bertz CT molecular complexity index is 808. The minimum absolute atomic E-state index is 0.0237. The van der Waals surface area contributed by atoms with Gasteiger partial charge in [-0.15, -0.1) is 0 Å². The highest BCUT2D eigenvalue weighted by Gasteiger charge is 2.36. The van der Waals surface area contributed by atoms with Crippen molar-refractivity contribution in [2.24, 2.45) is 22.5 Å². The molecule has 0 heterocycles. The highest BCUT2D eigenvalue weighted by atomic mass is 16.5. The molecule has 0 aliphatic heterocycles. The lowest BCUT2D eigenvalue weighted by molar-refractivity contribution is -0.149. The Balaban J connectivity index is 0. The quantitative estimate of drug-likeness (QED) is 0.167. The summed E-state index contributed by atoms with van der Waals surface area (Å²) in [6, 6.07) is -1.20. The molecule has 0 spiro atoms. The number of likely N-dealkylation sites (N-methyl/N-ethyl adjacent to an activating group) is 1. The summed E-state index contributed by atoms with van der Waals surface area (Å²) in [5.74, 6) is -2.83. The third-order valence-electron chi connectivity index (χ3n) is 5.60. The van der Waals surface area contributed by atoms with Crippen molar-refractivity contribution < 1.29 is 43.7 Å². The first-order valence-corrected chi connectivity index (χ1v) is 13.1. The van der Waals surface area contributed by atoms with E-state index in [9.17, 15) is 24.0 Å². The summed E-state index contributed by atoms with van der Waals surface area (Å²) in [7, 11) is 1.59. The van der Waals surface area contributed by atoms with Gasteiger partial charge in [-0.2, -0.15) is 0 Å². The third-order valence-corrected chi connectivity index (χ3v) is 5.60. The summed E-state index contributed by atoms with van der Waals surface area (Å²) in [5.41, 5.74) is 3.02. The number of hydrogen-bond acceptors (Lipinski definition) is 7. The molecular weight excluding hydrogens is 510 g/mol. The molecule has 0 aromatic carbocycles. The van der Waals surface area contributed by atoms with E-state index in [2.05, 4.69) is 24.5 Å². The largest absolute Gasteiger partial charge is 0.481 e. The van der Waals surface area contributed by atoms with Crippen LogP contribution in [0, 0.1) is 16.7 Å². The first kappa shape index (κ1) is 38.4. The second kappa shape index (κ2) is 17.8. The van der Waals surface area contributed by atoms with Gasteiger partial charge in [0.1, 0.15) is 12.6 Å². The fraction of sp³-hybridized carbons (Fsp3) is 0.815. The van der Waals surface area contributed by atoms with Crippen LogP contribution in [0.5, 0.6) is 0 Å². The Kier molecular flexibility index (Phi) is 17.5. The van der Waals surface area contributed by atoms with Gasteiger partial charge in [-0.1, -0.05) is 27.7 Å². The fourth-order valence-corrected chi connectivity index (χ4v) is 3.63. The van der Waals surface area contributed by atoms with Gasteiger partial charge < -0.3 is 36.1 Å². The number of aliphatic carboxylic acids is 2. The Labute approximate surface area is 232 Å². The van der Waals surface area contributed by atoms with Gasteiger partial charge in [0.25, 0.3) is 0 Å². The van der Waals surface area contributed by atoms with Crippen LogP contribution < -0.4 is 16.4 Å². The molecule has 12 nitrogen and oxygen atoms in total. The molecule has 39 heavy (non-hydrogen) atoms. The van der Waals surface area contributed by atoms with Gasteiger partial charge in [0, 0.05) is 26.5 Å². The lowest BCUT2D eigenvalue weighted by Crippen LogP contribution is -2.43. The van der Waals surface area contributed by atoms with Gasteiger partial charge >= 0.3 is 11.9 Å². The van der Waals surface area contributed by atoms with Crippen molar-refractivity contribution in [1.82, 2.24) is 10.6 Å². The van der Waals surface area contributed by atoms with Crippen molar-refractivity contribution in [2.45, 2.75) is 99.1 Å². The number of ether oxygens (including phenoxy) is 2. The van der Waals surface area contributed by atoms with Crippen LogP contribution >= 0.6 is 0 Å². The molecule has 0 radical (unpaired) electrons. The molecule has 0 bridgehead atoms. The standard InChI is InChI=1S/C15H26N2O6.C12H25NO3/c1-14(2,8-15(3,4)13(22)23)7-11(19)17-9(12(20)21)5-6-10(16)18;1-10(2)6-7-16-12(3,4)9-15-8-11(14)13-5/h9H,5-8H2,1-4H3,(H2,16,18)(H,17,19)(H,20,21)(H,22,23);10H,6-9H2,1-5H3,(H,13,14). The van der Waals surface area contributed by atoms with Crippen LogP contribution in [-0.4, -0.2) is 78.4 Å². The van der Waals surface area contributed by atoms with Crippen molar-refractivity contribution in [3.63, 3.8) is 0 Å². The average Bonchev–Trinajstić information content (AvgIpc) is 2.74. The van der Waals surface area contributed by atoms with E-state index in [0.717, 1.165) is 13.0 Å². The maximum atomic E-state index is 12.0. The molecule has 1 unspecified atom stereocenters. The maximum Gasteiger partial charge on any atom is 0.326 e. The van der Waals surface area contributed by atoms with Gasteiger partial charge in [-0.25, -0.2) is 4.79 Å². The zero-order valence-corrected chi connectivity index (χ0v) is 25.1. The van der Waals surface area contributed by atoms with Crippen molar-refractivity contribution in [3.05, 3.63) is 0 Å². The van der Waals surface area contributed by atoms with E-state index >= 15 is 0 Å². The molecule has 0 aliphatic carbocycles.